The summed E-state index contributed by atoms with van der Waals surface area (Å²) in [5.74, 6) is 1.09. The third kappa shape index (κ3) is 14.8. The molecule has 0 saturated carbocycles. The highest BCUT2D eigenvalue weighted by Crippen LogP contribution is 2.12. The van der Waals surface area contributed by atoms with Crippen LogP contribution < -0.4 is 4.72 Å². The van der Waals surface area contributed by atoms with Crippen LogP contribution in [0.1, 0.15) is 50.5 Å². The standard InChI is InChI=1S/C13H16N2.C6H6.C2H4N2O2S.2C2H6/c1-10-11(2)15(12(3)14-10)9-13-7-5-4-6-8-13;1-2-4-6-5-3-1;1-7(5,6)4-2-3;2*1-2/h4-8H,9H2,1-3H3;1-6H;4H,1H3;2*1-2H3. The summed E-state index contributed by atoms with van der Waals surface area (Å²) in [6.07, 6.45) is 2.18. The van der Waals surface area contributed by atoms with Gasteiger partial charge in [0.2, 0.25) is 10.0 Å². The fourth-order valence-electron chi connectivity index (χ4n) is 2.29. The second-order valence-electron chi connectivity index (χ2n) is 6.04. The smallest absolute Gasteiger partial charge is 0.237 e. The second-order valence-corrected chi connectivity index (χ2v) is 7.79. The number of hydrogen-bond donors (Lipinski definition) is 1. The van der Waals surface area contributed by atoms with E-state index in [1.165, 1.54) is 17.5 Å². The maximum Gasteiger partial charge on any atom is 0.237 e. The predicted octanol–water partition coefficient (Wildman–Crippen LogP) is 5.61. The van der Waals surface area contributed by atoms with Crippen molar-refractivity contribution in [3.8, 4) is 6.19 Å². The molecule has 3 aromatic rings. The summed E-state index contributed by atoms with van der Waals surface area (Å²) < 4.78 is 23.6. The Bertz CT molecular complexity index is 951. The Hall–Kier alpha value is -3.11. The molecule has 0 aliphatic carbocycles. The zero-order valence-electron chi connectivity index (χ0n) is 20.6. The van der Waals surface area contributed by atoms with Crippen LogP contribution in [0.2, 0.25) is 0 Å². The first-order valence-corrected chi connectivity index (χ1v) is 12.5. The largest absolute Gasteiger partial charge is 0.328 e. The lowest BCUT2D eigenvalue weighted by Gasteiger charge is -2.07. The fourth-order valence-corrected chi connectivity index (χ4v) is 2.45. The molecule has 0 atom stereocenters. The van der Waals surface area contributed by atoms with Crippen molar-refractivity contribution in [2.24, 2.45) is 0 Å². The third-order valence-corrected chi connectivity index (χ3v) is 4.19. The number of nitrogens with one attached hydrogen (secondary N) is 1. The minimum Gasteiger partial charge on any atom is -0.328 e. The van der Waals surface area contributed by atoms with Gasteiger partial charge in [-0.15, -0.1) is 0 Å². The van der Waals surface area contributed by atoms with Crippen LogP contribution in [0, 0.1) is 32.2 Å². The van der Waals surface area contributed by atoms with Gasteiger partial charge in [0.05, 0.1) is 11.9 Å². The van der Waals surface area contributed by atoms with Gasteiger partial charge in [0.15, 0.2) is 6.19 Å². The predicted molar refractivity (Wildman–Crippen MR) is 135 cm³/mol. The van der Waals surface area contributed by atoms with Crippen LogP contribution >= 0.6 is 0 Å². The minimum absolute atomic E-state index is 0.913. The molecular formula is C25H38N4O2S. The maximum absolute atomic E-state index is 9.90. The molecule has 7 heteroatoms. The van der Waals surface area contributed by atoms with Gasteiger partial charge in [0.1, 0.15) is 5.82 Å². The van der Waals surface area contributed by atoms with Crippen LogP contribution in [0.25, 0.3) is 0 Å². The van der Waals surface area contributed by atoms with E-state index in [0.29, 0.717) is 0 Å². The Morgan fingerprint density at radius 1 is 0.875 bits per heavy atom. The van der Waals surface area contributed by atoms with Crippen molar-refractivity contribution >= 4 is 10.0 Å². The first-order valence-electron chi connectivity index (χ1n) is 10.6. The van der Waals surface area contributed by atoms with Gasteiger partial charge in [0, 0.05) is 12.2 Å². The van der Waals surface area contributed by atoms with E-state index in [2.05, 4.69) is 54.6 Å². The van der Waals surface area contributed by atoms with Crippen LogP contribution in [0.15, 0.2) is 66.7 Å². The SMILES string of the molecule is CC.CC.CS(=O)(=O)NC#N.Cc1nc(C)n(Cc2ccccc2)c1C.c1ccccc1. The Morgan fingerprint density at radius 2 is 1.28 bits per heavy atom. The molecule has 0 aliphatic heterocycles. The molecule has 32 heavy (non-hydrogen) atoms. The van der Waals surface area contributed by atoms with Gasteiger partial charge in [0.25, 0.3) is 0 Å². The molecular weight excluding hydrogens is 420 g/mol. The highest BCUT2D eigenvalue weighted by atomic mass is 32.2. The van der Waals surface area contributed by atoms with E-state index in [4.69, 9.17) is 5.26 Å². The van der Waals surface area contributed by atoms with Crippen molar-refractivity contribution in [1.82, 2.24) is 14.3 Å². The highest BCUT2D eigenvalue weighted by molar-refractivity contribution is 7.88. The Morgan fingerprint density at radius 3 is 1.56 bits per heavy atom. The molecule has 1 N–H and O–H groups in total. The summed E-state index contributed by atoms with van der Waals surface area (Å²) in [6, 6.07) is 22.5. The number of nitrogens with zero attached hydrogens (tertiary/aromatic N) is 3. The van der Waals surface area contributed by atoms with E-state index >= 15 is 0 Å². The first kappa shape index (κ1) is 31.1. The Labute approximate surface area is 195 Å². The van der Waals surface area contributed by atoms with Crippen LogP contribution in [0.5, 0.6) is 0 Å². The molecule has 6 nitrogen and oxygen atoms in total. The molecule has 1 aromatic heterocycles. The normalized spacial score (nSPS) is 8.97. The van der Waals surface area contributed by atoms with Crippen LogP contribution in [-0.4, -0.2) is 24.2 Å². The average molecular weight is 459 g/mol. The number of hydrogen-bond acceptors (Lipinski definition) is 4. The lowest BCUT2D eigenvalue weighted by Crippen LogP contribution is -2.14. The summed E-state index contributed by atoms with van der Waals surface area (Å²) in [6.45, 7) is 15.2. The zero-order valence-corrected chi connectivity index (χ0v) is 21.4. The number of sulfonamides is 1. The molecule has 0 spiro atoms. The second kappa shape index (κ2) is 18.6. The van der Waals surface area contributed by atoms with Crippen LogP contribution in [0.3, 0.4) is 0 Å². The van der Waals surface area contributed by atoms with E-state index < -0.39 is 10.0 Å². The molecule has 0 unspecified atom stereocenters. The number of nitriles is 1. The third-order valence-electron chi connectivity index (χ3n) is 3.73. The summed E-state index contributed by atoms with van der Waals surface area (Å²) in [5, 5.41) is 7.66. The number of rotatable bonds is 3. The van der Waals surface area contributed by atoms with Gasteiger partial charge in [-0.25, -0.2) is 18.1 Å². The Kier molecular flexibility index (Phi) is 18.1. The first-order chi connectivity index (χ1) is 15.2. The van der Waals surface area contributed by atoms with Gasteiger partial charge in [-0.05, 0) is 26.3 Å². The number of aryl methyl sites for hydroxylation is 2. The molecule has 0 fully saturated rings. The average Bonchev–Trinajstić information content (AvgIpc) is 3.04. The van der Waals surface area contributed by atoms with Gasteiger partial charge < -0.3 is 4.57 Å². The van der Waals surface area contributed by atoms with Crippen molar-refractivity contribution in [2.45, 2.75) is 55.0 Å². The highest BCUT2D eigenvalue weighted by Gasteiger charge is 2.06. The summed E-state index contributed by atoms with van der Waals surface area (Å²) >= 11 is 0. The van der Waals surface area contributed by atoms with Crippen LogP contribution in [0.4, 0.5) is 0 Å². The molecule has 3 rings (SSSR count). The lowest BCUT2D eigenvalue weighted by atomic mass is 10.2. The van der Waals surface area contributed by atoms with Gasteiger partial charge in [-0.2, -0.15) is 5.26 Å². The topological polar surface area (TPSA) is 87.8 Å². The molecule has 0 amide bonds. The van der Waals surface area contributed by atoms with Crippen molar-refractivity contribution in [3.05, 3.63) is 89.5 Å². The van der Waals surface area contributed by atoms with Gasteiger partial charge >= 0.3 is 0 Å². The number of benzene rings is 2. The van der Waals surface area contributed by atoms with E-state index in [1.54, 1.807) is 4.72 Å². The number of aromatic nitrogens is 2. The molecule has 0 radical (unpaired) electrons. The van der Waals surface area contributed by atoms with E-state index in [-0.39, 0.29) is 0 Å². The zero-order chi connectivity index (χ0) is 25.0. The summed E-state index contributed by atoms with van der Waals surface area (Å²) in [7, 11) is -3.29. The van der Waals surface area contributed by atoms with Crippen molar-refractivity contribution < 1.29 is 8.42 Å². The van der Waals surface area contributed by atoms with E-state index in [0.717, 1.165) is 24.3 Å². The number of imidazole rings is 1. The van der Waals surface area contributed by atoms with Crippen molar-refractivity contribution in [1.29, 1.82) is 5.26 Å². The van der Waals surface area contributed by atoms with Crippen LogP contribution in [-0.2, 0) is 16.6 Å². The maximum atomic E-state index is 9.90. The van der Waals surface area contributed by atoms with E-state index in [1.807, 2.05) is 70.2 Å². The molecule has 0 aliphatic rings. The van der Waals surface area contributed by atoms with Gasteiger partial charge in [-0.3, -0.25) is 0 Å². The quantitative estimate of drug-likeness (QED) is 0.408. The molecule has 176 valence electrons. The molecule has 1 heterocycles. The minimum atomic E-state index is -3.29. The molecule has 0 bridgehead atoms. The Balaban J connectivity index is 0. The van der Waals surface area contributed by atoms with Crippen molar-refractivity contribution in [3.63, 3.8) is 0 Å². The van der Waals surface area contributed by atoms with Crippen molar-refractivity contribution in [2.75, 3.05) is 6.26 Å². The molecule has 2 aromatic carbocycles. The monoisotopic (exact) mass is 458 g/mol. The van der Waals surface area contributed by atoms with Gasteiger partial charge in [-0.1, -0.05) is 94.4 Å². The fraction of sp³-hybridized carbons (Fsp3) is 0.360. The van der Waals surface area contributed by atoms with E-state index in [9.17, 15) is 8.42 Å². The summed E-state index contributed by atoms with van der Waals surface area (Å²) in [4.78, 5) is 4.47. The lowest BCUT2D eigenvalue weighted by molar-refractivity contribution is 0.597. The molecule has 0 saturated heterocycles. The summed E-state index contributed by atoms with van der Waals surface area (Å²) in [5.41, 5.74) is 3.71.